The van der Waals surface area contributed by atoms with Crippen molar-refractivity contribution in [3.8, 4) is 0 Å². The van der Waals surface area contributed by atoms with Crippen molar-refractivity contribution in [2.24, 2.45) is 0 Å². The van der Waals surface area contributed by atoms with Gasteiger partial charge in [-0.1, -0.05) is 6.07 Å². The minimum absolute atomic E-state index is 0.0311. The molecular weight excluding hydrogens is 298 g/mol. The summed E-state index contributed by atoms with van der Waals surface area (Å²) in [5, 5.41) is 17.1. The summed E-state index contributed by atoms with van der Waals surface area (Å²) < 4.78 is 0. The molecule has 0 aliphatic carbocycles. The van der Waals surface area contributed by atoms with E-state index in [4.69, 9.17) is 5.11 Å². The van der Waals surface area contributed by atoms with Crippen LogP contribution in [0.2, 0.25) is 0 Å². The second-order valence-electron chi connectivity index (χ2n) is 3.93. The van der Waals surface area contributed by atoms with Crippen LogP contribution in [0.15, 0.2) is 17.5 Å². The number of nitrogens with one attached hydrogen (secondary N) is 3. The van der Waals surface area contributed by atoms with Gasteiger partial charge in [-0.3, -0.25) is 19.2 Å². The Morgan fingerprint density at radius 2 is 1.76 bits per heavy atom. The summed E-state index contributed by atoms with van der Waals surface area (Å²) in [5.41, 5.74) is 0. The smallest absolute Gasteiger partial charge is 0.322 e. The van der Waals surface area contributed by atoms with Crippen LogP contribution in [0.3, 0.4) is 0 Å². The van der Waals surface area contributed by atoms with Crippen molar-refractivity contribution >= 4 is 35.0 Å². The first-order valence-corrected chi connectivity index (χ1v) is 6.94. The molecule has 0 bridgehead atoms. The largest absolute Gasteiger partial charge is 0.480 e. The maximum atomic E-state index is 11.6. The van der Waals surface area contributed by atoms with Crippen LogP contribution in [0.25, 0.3) is 0 Å². The van der Waals surface area contributed by atoms with Crippen molar-refractivity contribution < 1.29 is 24.3 Å². The van der Waals surface area contributed by atoms with E-state index in [0.717, 1.165) is 0 Å². The van der Waals surface area contributed by atoms with Crippen LogP contribution in [0, 0.1) is 0 Å². The van der Waals surface area contributed by atoms with E-state index in [-0.39, 0.29) is 25.4 Å². The molecule has 0 aliphatic rings. The van der Waals surface area contributed by atoms with Gasteiger partial charge in [-0.15, -0.1) is 11.3 Å². The molecule has 1 aromatic rings. The quantitative estimate of drug-likeness (QED) is 0.499. The fourth-order valence-electron chi connectivity index (χ4n) is 1.29. The fourth-order valence-corrected chi connectivity index (χ4v) is 1.93. The van der Waals surface area contributed by atoms with Crippen LogP contribution in [-0.4, -0.2) is 48.4 Å². The molecule has 0 radical (unpaired) electrons. The Hall–Kier alpha value is -2.42. The van der Waals surface area contributed by atoms with E-state index < -0.39 is 24.3 Å². The third kappa shape index (κ3) is 7.06. The van der Waals surface area contributed by atoms with E-state index >= 15 is 0 Å². The van der Waals surface area contributed by atoms with Gasteiger partial charge in [0.1, 0.15) is 6.54 Å². The minimum Gasteiger partial charge on any atom is -0.480 e. The second kappa shape index (κ2) is 8.69. The first-order valence-electron chi connectivity index (χ1n) is 6.06. The predicted molar refractivity (Wildman–Crippen MR) is 74.9 cm³/mol. The highest BCUT2D eigenvalue weighted by atomic mass is 32.1. The van der Waals surface area contributed by atoms with Gasteiger partial charge in [0.25, 0.3) is 5.91 Å². The molecule has 0 saturated heterocycles. The number of hydrogen-bond acceptors (Lipinski definition) is 5. The summed E-state index contributed by atoms with van der Waals surface area (Å²) in [6, 6.07) is 3.43. The maximum absolute atomic E-state index is 11.6. The number of rotatable bonds is 8. The average Bonchev–Trinajstić information content (AvgIpc) is 2.97. The van der Waals surface area contributed by atoms with Crippen molar-refractivity contribution in [3.05, 3.63) is 22.4 Å². The van der Waals surface area contributed by atoms with E-state index in [1.54, 1.807) is 17.5 Å². The van der Waals surface area contributed by atoms with Crippen LogP contribution in [0.1, 0.15) is 16.1 Å². The summed E-state index contributed by atoms with van der Waals surface area (Å²) in [4.78, 5) is 44.8. The Balaban J connectivity index is 2.12. The highest BCUT2D eigenvalue weighted by Gasteiger charge is 2.09. The van der Waals surface area contributed by atoms with E-state index in [1.807, 2.05) is 0 Å². The van der Waals surface area contributed by atoms with Gasteiger partial charge in [0, 0.05) is 13.0 Å². The highest BCUT2D eigenvalue weighted by Crippen LogP contribution is 2.07. The Bertz CT molecular complexity index is 515. The molecule has 0 atom stereocenters. The van der Waals surface area contributed by atoms with E-state index in [9.17, 15) is 19.2 Å². The number of thiophene rings is 1. The number of carbonyl (C=O) groups excluding carboxylic acids is 3. The maximum Gasteiger partial charge on any atom is 0.322 e. The van der Waals surface area contributed by atoms with Crippen molar-refractivity contribution in [3.63, 3.8) is 0 Å². The minimum atomic E-state index is -1.16. The topological polar surface area (TPSA) is 125 Å². The van der Waals surface area contributed by atoms with Gasteiger partial charge in [-0.2, -0.15) is 0 Å². The standard InChI is InChI=1S/C12H15N3O5S/c16-9(14-6-10(17)15-7-11(18)19)3-4-13-12(20)8-2-1-5-21-8/h1-2,5H,3-4,6-7H2,(H,13,20)(H,14,16)(H,15,17)(H,18,19). The molecule has 1 aromatic heterocycles. The molecule has 8 nitrogen and oxygen atoms in total. The van der Waals surface area contributed by atoms with Crippen molar-refractivity contribution in [2.75, 3.05) is 19.6 Å². The van der Waals surface area contributed by atoms with Gasteiger partial charge in [0.05, 0.1) is 11.4 Å². The second-order valence-corrected chi connectivity index (χ2v) is 4.88. The Morgan fingerprint density at radius 1 is 1.05 bits per heavy atom. The van der Waals surface area contributed by atoms with Gasteiger partial charge < -0.3 is 21.1 Å². The van der Waals surface area contributed by atoms with Crippen LogP contribution in [0.4, 0.5) is 0 Å². The summed E-state index contributed by atoms with van der Waals surface area (Å²) in [7, 11) is 0. The zero-order chi connectivity index (χ0) is 15.7. The van der Waals surface area contributed by atoms with Gasteiger partial charge in [-0.25, -0.2) is 0 Å². The molecule has 0 fully saturated rings. The zero-order valence-electron chi connectivity index (χ0n) is 11.0. The molecule has 1 heterocycles. The lowest BCUT2D eigenvalue weighted by atomic mass is 10.3. The first kappa shape index (κ1) is 16.6. The SMILES string of the molecule is O=C(O)CNC(=O)CNC(=O)CCNC(=O)c1cccs1. The summed E-state index contributed by atoms with van der Waals surface area (Å²) in [6.45, 7) is -0.643. The normalized spacial score (nSPS) is 9.71. The Kier molecular flexibility index (Phi) is 6.88. The average molecular weight is 313 g/mol. The number of carboxylic acid groups (broad SMARTS) is 1. The lowest BCUT2D eigenvalue weighted by Crippen LogP contribution is -2.39. The number of hydrogen-bond donors (Lipinski definition) is 4. The fraction of sp³-hybridized carbons (Fsp3) is 0.333. The van der Waals surface area contributed by atoms with Crippen molar-refractivity contribution in [1.82, 2.24) is 16.0 Å². The number of amides is 3. The van der Waals surface area contributed by atoms with E-state index in [1.165, 1.54) is 11.3 Å². The highest BCUT2D eigenvalue weighted by molar-refractivity contribution is 7.12. The number of aliphatic carboxylic acids is 1. The molecular formula is C12H15N3O5S. The van der Waals surface area contributed by atoms with Crippen LogP contribution < -0.4 is 16.0 Å². The molecule has 21 heavy (non-hydrogen) atoms. The molecule has 0 unspecified atom stereocenters. The molecule has 3 amide bonds. The summed E-state index contributed by atoms with van der Waals surface area (Å²) in [6.07, 6.45) is 0.0311. The summed E-state index contributed by atoms with van der Waals surface area (Å²) >= 11 is 1.30. The summed E-state index contributed by atoms with van der Waals surface area (Å²) in [5.74, 6) is -2.41. The van der Waals surface area contributed by atoms with Gasteiger partial charge in [0.15, 0.2) is 0 Å². The Labute approximate surface area is 124 Å². The molecule has 114 valence electrons. The Morgan fingerprint density at radius 3 is 2.38 bits per heavy atom. The lowest BCUT2D eigenvalue weighted by Gasteiger charge is -2.06. The third-order valence-corrected chi connectivity index (χ3v) is 3.13. The van der Waals surface area contributed by atoms with E-state index in [0.29, 0.717) is 4.88 Å². The molecule has 1 rings (SSSR count). The van der Waals surface area contributed by atoms with Gasteiger partial charge >= 0.3 is 5.97 Å². The number of carboxylic acids is 1. The molecule has 0 spiro atoms. The molecule has 0 aromatic carbocycles. The van der Waals surface area contributed by atoms with Crippen LogP contribution in [0.5, 0.6) is 0 Å². The van der Waals surface area contributed by atoms with Crippen LogP contribution in [-0.2, 0) is 14.4 Å². The van der Waals surface area contributed by atoms with Crippen molar-refractivity contribution in [1.29, 1.82) is 0 Å². The van der Waals surface area contributed by atoms with Gasteiger partial charge in [0.2, 0.25) is 11.8 Å². The molecule has 4 N–H and O–H groups in total. The third-order valence-electron chi connectivity index (χ3n) is 2.27. The van der Waals surface area contributed by atoms with E-state index in [2.05, 4.69) is 16.0 Å². The van der Waals surface area contributed by atoms with Gasteiger partial charge in [-0.05, 0) is 11.4 Å². The first-order chi connectivity index (χ1) is 9.99. The molecule has 0 aliphatic heterocycles. The lowest BCUT2D eigenvalue weighted by molar-refractivity contribution is -0.137. The molecule has 9 heteroatoms. The number of carbonyl (C=O) groups is 4. The predicted octanol–water partition coefficient (Wildman–Crippen LogP) is -0.815. The van der Waals surface area contributed by atoms with Crippen molar-refractivity contribution in [2.45, 2.75) is 6.42 Å². The van der Waals surface area contributed by atoms with Crippen LogP contribution >= 0.6 is 11.3 Å². The monoisotopic (exact) mass is 313 g/mol. The zero-order valence-corrected chi connectivity index (χ0v) is 11.9. The molecule has 0 saturated carbocycles.